The Morgan fingerprint density at radius 2 is 1.70 bits per heavy atom. The zero-order valence-electron chi connectivity index (χ0n) is 12.4. The minimum atomic E-state index is -0.485. The highest BCUT2D eigenvalue weighted by Gasteiger charge is 2.04. The maximum atomic E-state index is 10.5. The van der Waals surface area contributed by atoms with E-state index in [-0.39, 0.29) is 0 Å². The highest BCUT2D eigenvalue weighted by atomic mass is 16.6. The molecule has 0 heterocycles. The minimum Gasteiger partial charge on any atom is -0.488 e. The van der Waals surface area contributed by atoms with E-state index in [2.05, 4.69) is 18.2 Å². The van der Waals surface area contributed by atoms with Crippen molar-refractivity contribution in [2.45, 2.75) is 6.61 Å². The van der Waals surface area contributed by atoms with Crippen molar-refractivity contribution in [3.05, 3.63) is 94.2 Å². The first-order valence-electron chi connectivity index (χ1n) is 7.24. The first kappa shape index (κ1) is 14.8. The van der Waals surface area contributed by atoms with Crippen LogP contribution in [0.25, 0.3) is 16.8 Å². The van der Waals surface area contributed by atoms with Crippen LogP contribution in [0.1, 0.15) is 11.1 Å². The Kier molecular flexibility index (Phi) is 4.34. The fourth-order valence-electron chi connectivity index (χ4n) is 2.46. The molecule has 0 fully saturated rings. The summed E-state index contributed by atoms with van der Waals surface area (Å²) in [4.78, 5) is 10.0. The van der Waals surface area contributed by atoms with Gasteiger partial charge in [0.15, 0.2) is 0 Å². The molecule has 0 radical (unpaired) electrons. The Labute approximate surface area is 133 Å². The average Bonchev–Trinajstić information content (AvgIpc) is 2.58. The molecule has 0 aliphatic rings. The predicted molar refractivity (Wildman–Crippen MR) is 90.8 cm³/mol. The number of nitro groups is 1. The van der Waals surface area contributed by atoms with Crippen molar-refractivity contribution in [3.8, 4) is 5.75 Å². The summed E-state index contributed by atoms with van der Waals surface area (Å²) in [5, 5.41) is 12.8. The van der Waals surface area contributed by atoms with E-state index in [0.29, 0.717) is 17.9 Å². The van der Waals surface area contributed by atoms with Gasteiger partial charge < -0.3 is 4.74 Å². The largest absolute Gasteiger partial charge is 0.488 e. The molecule has 4 nitrogen and oxygen atoms in total. The van der Waals surface area contributed by atoms with Crippen LogP contribution >= 0.6 is 0 Å². The maximum Gasteiger partial charge on any atom is 0.235 e. The van der Waals surface area contributed by atoms with Gasteiger partial charge in [0.1, 0.15) is 12.4 Å². The summed E-state index contributed by atoms with van der Waals surface area (Å²) >= 11 is 0. The second-order valence-electron chi connectivity index (χ2n) is 5.07. The van der Waals surface area contributed by atoms with Gasteiger partial charge in [0, 0.05) is 11.6 Å². The van der Waals surface area contributed by atoms with Crippen LogP contribution in [0.3, 0.4) is 0 Å². The second kappa shape index (κ2) is 6.75. The second-order valence-corrected chi connectivity index (χ2v) is 5.07. The lowest BCUT2D eigenvalue weighted by atomic mass is 10.1. The van der Waals surface area contributed by atoms with Crippen molar-refractivity contribution in [2.75, 3.05) is 0 Å². The highest BCUT2D eigenvalue weighted by molar-refractivity contribution is 5.85. The molecule has 0 aliphatic heterocycles. The minimum absolute atomic E-state index is 0.407. The normalized spacial score (nSPS) is 11.0. The molecule has 0 aliphatic carbocycles. The molecule has 3 aromatic rings. The van der Waals surface area contributed by atoms with Gasteiger partial charge in [-0.3, -0.25) is 10.1 Å². The number of para-hydroxylation sites is 1. The highest BCUT2D eigenvalue weighted by Crippen LogP contribution is 2.23. The predicted octanol–water partition coefficient (Wildman–Crippen LogP) is 4.67. The zero-order valence-corrected chi connectivity index (χ0v) is 12.4. The Bertz CT molecular complexity index is 866. The molecule has 0 atom stereocenters. The van der Waals surface area contributed by atoms with Gasteiger partial charge >= 0.3 is 0 Å². The van der Waals surface area contributed by atoms with E-state index in [1.165, 1.54) is 6.08 Å². The molecular formula is C19H15NO3. The Hall–Kier alpha value is -3.14. The molecule has 0 aromatic heterocycles. The van der Waals surface area contributed by atoms with E-state index in [0.717, 1.165) is 22.5 Å². The van der Waals surface area contributed by atoms with Gasteiger partial charge in [-0.15, -0.1) is 0 Å². The third-order valence-electron chi connectivity index (χ3n) is 3.56. The maximum absolute atomic E-state index is 10.5. The van der Waals surface area contributed by atoms with Crippen LogP contribution in [0.5, 0.6) is 5.75 Å². The van der Waals surface area contributed by atoms with E-state index in [4.69, 9.17) is 4.74 Å². The van der Waals surface area contributed by atoms with Gasteiger partial charge in [-0.2, -0.15) is 0 Å². The molecule has 0 unspecified atom stereocenters. The van der Waals surface area contributed by atoms with E-state index < -0.39 is 4.92 Å². The number of nitrogens with zero attached hydrogens (tertiary/aromatic N) is 1. The summed E-state index contributed by atoms with van der Waals surface area (Å²) in [6.07, 6.45) is 2.36. The number of fused-ring (bicyclic) bond motifs is 1. The molecular weight excluding hydrogens is 290 g/mol. The van der Waals surface area contributed by atoms with E-state index in [1.807, 2.05) is 42.5 Å². The SMILES string of the molecule is O=[N+]([O-])C=Cc1ccccc1OCc1cccc2ccccc12. The fourth-order valence-corrected chi connectivity index (χ4v) is 2.46. The third kappa shape index (κ3) is 3.55. The van der Waals surface area contributed by atoms with Crippen molar-refractivity contribution >= 4 is 16.8 Å². The monoisotopic (exact) mass is 305 g/mol. The smallest absolute Gasteiger partial charge is 0.235 e. The summed E-state index contributed by atoms with van der Waals surface area (Å²) in [6, 6.07) is 21.5. The molecule has 0 bridgehead atoms. The van der Waals surface area contributed by atoms with Crippen LogP contribution < -0.4 is 4.74 Å². The Morgan fingerprint density at radius 3 is 2.57 bits per heavy atom. The molecule has 0 saturated carbocycles. The first-order chi connectivity index (χ1) is 11.2. The lowest BCUT2D eigenvalue weighted by Gasteiger charge is -2.11. The van der Waals surface area contributed by atoms with Crippen LogP contribution in [0.2, 0.25) is 0 Å². The van der Waals surface area contributed by atoms with Crippen LogP contribution in [-0.4, -0.2) is 4.92 Å². The molecule has 0 saturated heterocycles. The number of hydrogen-bond donors (Lipinski definition) is 0. The van der Waals surface area contributed by atoms with Crippen LogP contribution in [0.4, 0.5) is 0 Å². The van der Waals surface area contributed by atoms with Crippen molar-refractivity contribution < 1.29 is 9.66 Å². The Balaban J connectivity index is 1.84. The molecule has 0 amide bonds. The van der Waals surface area contributed by atoms with E-state index in [9.17, 15) is 10.1 Å². The average molecular weight is 305 g/mol. The van der Waals surface area contributed by atoms with Crippen molar-refractivity contribution in [1.29, 1.82) is 0 Å². The standard InChI is InChI=1S/C19H15NO3/c21-20(22)13-12-16-7-2-4-11-19(16)23-14-17-9-5-8-15-6-1-3-10-18(15)17/h1-13H,14H2. The quantitative estimate of drug-likeness (QED) is 0.508. The van der Waals surface area contributed by atoms with Crippen LogP contribution in [0, 0.1) is 10.1 Å². The molecule has 4 heteroatoms. The lowest BCUT2D eigenvalue weighted by Crippen LogP contribution is -1.98. The number of hydrogen-bond acceptors (Lipinski definition) is 3. The fraction of sp³-hybridized carbons (Fsp3) is 0.0526. The molecule has 0 spiro atoms. The summed E-state index contributed by atoms with van der Waals surface area (Å²) in [7, 11) is 0. The molecule has 0 N–H and O–H groups in total. The molecule has 23 heavy (non-hydrogen) atoms. The topological polar surface area (TPSA) is 52.4 Å². The van der Waals surface area contributed by atoms with Crippen LogP contribution in [-0.2, 0) is 6.61 Å². The lowest BCUT2D eigenvalue weighted by molar-refractivity contribution is -0.400. The zero-order chi connectivity index (χ0) is 16.1. The van der Waals surface area contributed by atoms with Crippen LogP contribution in [0.15, 0.2) is 72.9 Å². The summed E-state index contributed by atoms with van der Waals surface area (Å²) in [6.45, 7) is 0.407. The number of ether oxygens (including phenoxy) is 1. The molecule has 3 rings (SSSR count). The van der Waals surface area contributed by atoms with Crippen molar-refractivity contribution in [3.63, 3.8) is 0 Å². The molecule has 3 aromatic carbocycles. The number of rotatable bonds is 5. The Morgan fingerprint density at radius 1 is 0.957 bits per heavy atom. The third-order valence-corrected chi connectivity index (χ3v) is 3.56. The van der Waals surface area contributed by atoms with Crippen molar-refractivity contribution in [1.82, 2.24) is 0 Å². The van der Waals surface area contributed by atoms with Gasteiger partial charge in [0.05, 0.1) is 4.92 Å². The van der Waals surface area contributed by atoms with Crippen molar-refractivity contribution in [2.24, 2.45) is 0 Å². The summed E-state index contributed by atoms with van der Waals surface area (Å²) in [5.74, 6) is 0.624. The van der Waals surface area contributed by atoms with Gasteiger partial charge in [0.2, 0.25) is 6.20 Å². The van der Waals surface area contributed by atoms with Gasteiger partial charge in [-0.1, -0.05) is 60.7 Å². The molecule has 114 valence electrons. The van der Waals surface area contributed by atoms with E-state index >= 15 is 0 Å². The van der Waals surface area contributed by atoms with Gasteiger partial charge in [-0.25, -0.2) is 0 Å². The first-order valence-corrected chi connectivity index (χ1v) is 7.24. The van der Waals surface area contributed by atoms with Gasteiger partial charge in [-0.05, 0) is 22.4 Å². The van der Waals surface area contributed by atoms with E-state index in [1.54, 1.807) is 6.07 Å². The summed E-state index contributed by atoms with van der Waals surface area (Å²) < 4.78 is 5.89. The van der Waals surface area contributed by atoms with Gasteiger partial charge in [0.25, 0.3) is 0 Å². The number of benzene rings is 3. The summed E-state index contributed by atoms with van der Waals surface area (Å²) in [5.41, 5.74) is 1.76.